The van der Waals surface area contributed by atoms with Gasteiger partial charge in [-0.3, -0.25) is 4.79 Å². The molecule has 1 unspecified atom stereocenters. The molecule has 0 fully saturated rings. The highest BCUT2D eigenvalue weighted by atomic mass is 16.1. The Morgan fingerprint density at radius 2 is 2.14 bits per heavy atom. The molecule has 0 aromatic carbocycles. The van der Waals surface area contributed by atoms with Gasteiger partial charge >= 0.3 is 0 Å². The number of hydrogen-bond acceptors (Lipinski definition) is 2. The maximum atomic E-state index is 11.4. The van der Waals surface area contributed by atoms with Crippen molar-refractivity contribution in [3.8, 4) is 0 Å². The van der Waals surface area contributed by atoms with Gasteiger partial charge in [-0.25, -0.2) is 0 Å². The van der Waals surface area contributed by atoms with E-state index in [1.807, 2.05) is 13.8 Å². The molecule has 0 aliphatic rings. The number of aromatic amines is 1. The second-order valence-electron chi connectivity index (χ2n) is 3.72. The lowest BCUT2D eigenvalue weighted by Crippen LogP contribution is -2.11. The van der Waals surface area contributed by atoms with Crippen LogP contribution in [0.3, 0.4) is 0 Å². The fourth-order valence-corrected chi connectivity index (χ4v) is 1.92. The van der Waals surface area contributed by atoms with Crippen molar-refractivity contribution in [3.05, 3.63) is 22.5 Å². The Kier molecular flexibility index (Phi) is 3.11. The predicted octanol–water partition coefficient (Wildman–Crippen LogP) is 2.11. The van der Waals surface area contributed by atoms with E-state index in [0.717, 1.165) is 17.7 Å². The molecule has 1 atom stereocenters. The number of carbonyl (C=O) groups is 1. The van der Waals surface area contributed by atoms with Gasteiger partial charge < -0.3 is 10.7 Å². The van der Waals surface area contributed by atoms with E-state index in [-0.39, 0.29) is 11.8 Å². The van der Waals surface area contributed by atoms with Crippen molar-refractivity contribution in [1.82, 2.24) is 4.98 Å². The van der Waals surface area contributed by atoms with Crippen LogP contribution in [-0.2, 0) is 6.42 Å². The minimum Gasteiger partial charge on any atom is -0.356 e. The van der Waals surface area contributed by atoms with Crippen LogP contribution in [0.15, 0.2) is 0 Å². The first kappa shape index (κ1) is 11.0. The van der Waals surface area contributed by atoms with Crippen molar-refractivity contribution in [2.45, 2.75) is 40.2 Å². The molecule has 0 aliphatic carbocycles. The first-order valence-corrected chi connectivity index (χ1v) is 4.96. The fraction of sp³-hybridized carbons (Fsp3) is 0.545. The third kappa shape index (κ3) is 1.73. The van der Waals surface area contributed by atoms with Gasteiger partial charge in [-0.05, 0) is 25.8 Å². The summed E-state index contributed by atoms with van der Waals surface area (Å²) in [6, 6.07) is -0.0891. The van der Waals surface area contributed by atoms with E-state index in [2.05, 4.69) is 11.9 Å². The normalized spacial score (nSPS) is 12.9. The number of nitrogens with one attached hydrogen (secondary N) is 1. The number of carbonyl (C=O) groups excluding carboxylic acids is 1. The summed E-state index contributed by atoms with van der Waals surface area (Å²) in [5.74, 6) is 0.0556. The van der Waals surface area contributed by atoms with E-state index >= 15 is 0 Å². The van der Waals surface area contributed by atoms with Crippen LogP contribution in [0.1, 0.15) is 54.1 Å². The van der Waals surface area contributed by atoms with E-state index in [4.69, 9.17) is 5.73 Å². The molecule has 1 aromatic rings. The number of rotatable bonds is 3. The maximum absolute atomic E-state index is 11.4. The van der Waals surface area contributed by atoms with Crippen LogP contribution in [0.2, 0.25) is 0 Å². The average Bonchev–Trinajstić information content (AvgIpc) is 2.42. The summed E-state index contributed by atoms with van der Waals surface area (Å²) >= 11 is 0. The Morgan fingerprint density at radius 1 is 1.57 bits per heavy atom. The number of nitrogens with two attached hydrogens (primary N) is 1. The van der Waals surface area contributed by atoms with Gasteiger partial charge in [-0.15, -0.1) is 0 Å². The standard InChI is InChI=1S/C11H18N2O/c1-5-9-7(3)13-11(8(4)14)10(9)6(2)12/h6,13H,5,12H2,1-4H3. The number of ketones is 1. The first-order chi connectivity index (χ1) is 6.49. The molecular formula is C11H18N2O. The topological polar surface area (TPSA) is 58.9 Å². The Hall–Kier alpha value is -1.09. The van der Waals surface area contributed by atoms with Crippen LogP contribution >= 0.6 is 0 Å². The largest absolute Gasteiger partial charge is 0.356 e. The van der Waals surface area contributed by atoms with Gasteiger partial charge in [-0.1, -0.05) is 6.92 Å². The monoisotopic (exact) mass is 194 g/mol. The quantitative estimate of drug-likeness (QED) is 0.724. The summed E-state index contributed by atoms with van der Waals surface area (Å²) in [6.07, 6.45) is 0.909. The van der Waals surface area contributed by atoms with E-state index in [1.54, 1.807) is 6.92 Å². The van der Waals surface area contributed by atoms with E-state index in [9.17, 15) is 4.79 Å². The molecule has 0 spiro atoms. The molecule has 1 aromatic heterocycles. The van der Waals surface area contributed by atoms with E-state index < -0.39 is 0 Å². The van der Waals surface area contributed by atoms with Gasteiger partial charge in [0.15, 0.2) is 5.78 Å². The van der Waals surface area contributed by atoms with Gasteiger partial charge in [0.1, 0.15) is 0 Å². The molecule has 78 valence electrons. The molecule has 0 saturated heterocycles. The summed E-state index contributed by atoms with van der Waals surface area (Å²) in [6.45, 7) is 7.54. The highest BCUT2D eigenvalue weighted by molar-refractivity contribution is 5.94. The third-order valence-electron chi connectivity index (χ3n) is 2.52. The van der Waals surface area contributed by atoms with Crippen molar-refractivity contribution in [1.29, 1.82) is 0 Å². The number of H-pyrrole nitrogens is 1. The Balaban J connectivity index is 3.37. The second kappa shape index (κ2) is 3.96. The van der Waals surface area contributed by atoms with Gasteiger partial charge in [-0.2, -0.15) is 0 Å². The summed E-state index contributed by atoms with van der Waals surface area (Å²) in [7, 11) is 0. The van der Waals surface area contributed by atoms with E-state index in [0.29, 0.717) is 5.69 Å². The zero-order chi connectivity index (χ0) is 10.9. The third-order valence-corrected chi connectivity index (χ3v) is 2.52. The van der Waals surface area contributed by atoms with Crippen molar-refractivity contribution >= 4 is 5.78 Å². The smallest absolute Gasteiger partial charge is 0.176 e. The molecule has 1 heterocycles. The molecule has 0 amide bonds. The molecule has 0 saturated carbocycles. The van der Waals surface area contributed by atoms with Crippen molar-refractivity contribution in [3.63, 3.8) is 0 Å². The highest BCUT2D eigenvalue weighted by Crippen LogP contribution is 2.24. The second-order valence-corrected chi connectivity index (χ2v) is 3.72. The average molecular weight is 194 g/mol. The van der Waals surface area contributed by atoms with Crippen LogP contribution < -0.4 is 5.73 Å². The van der Waals surface area contributed by atoms with Gasteiger partial charge in [0.05, 0.1) is 5.69 Å². The molecule has 1 rings (SSSR count). The highest BCUT2D eigenvalue weighted by Gasteiger charge is 2.18. The summed E-state index contributed by atoms with van der Waals surface area (Å²) in [4.78, 5) is 14.5. The van der Waals surface area contributed by atoms with Gasteiger partial charge in [0, 0.05) is 24.2 Å². The molecule has 3 N–H and O–H groups in total. The molecule has 0 bridgehead atoms. The molecule has 3 heteroatoms. The lowest BCUT2D eigenvalue weighted by Gasteiger charge is -2.08. The number of hydrogen-bond donors (Lipinski definition) is 2. The summed E-state index contributed by atoms with van der Waals surface area (Å²) in [5.41, 5.74) is 9.77. The van der Waals surface area contributed by atoms with E-state index in [1.165, 1.54) is 5.56 Å². The summed E-state index contributed by atoms with van der Waals surface area (Å²) in [5, 5.41) is 0. The van der Waals surface area contributed by atoms with Crippen LogP contribution in [0, 0.1) is 6.92 Å². The Labute approximate surface area is 84.7 Å². The zero-order valence-electron chi connectivity index (χ0n) is 9.27. The maximum Gasteiger partial charge on any atom is 0.176 e. The first-order valence-electron chi connectivity index (χ1n) is 4.96. The zero-order valence-corrected chi connectivity index (χ0v) is 9.27. The molecule has 0 aliphatic heterocycles. The predicted molar refractivity (Wildman–Crippen MR) is 57.5 cm³/mol. The van der Waals surface area contributed by atoms with Crippen LogP contribution in [-0.4, -0.2) is 10.8 Å². The number of aromatic nitrogens is 1. The van der Waals surface area contributed by atoms with Crippen LogP contribution in [0.25, 0.3) is 0 Å². The van der Waals surface area contributed by atoms with Crippen LogP contribution in [0.4, 0.5) is 0 Å². The van der Waals surface area contributed by atoms with Crippen molar-refractivity contribution in [2.75, 3.05) is 0 Å². The molecular weight excluding hydrogens is 176 g/mol. The van der Waals surface area contributed by atoms with Gasteiger partial charge in [0.2, 0.25) is 0 Å². The minimum atomic E-state index is -0.0891. The fourth-order valence-electron chi connectivity index (χ4n) is 1.92. The minimum absolute atomic E-state index is 0.0556. The Morgan fingerprint density at radius 3 is 2.50 bits per heavy atom. The lowest BCUT2D eigenvalue weighted by molar-refractivity contribution is 0.101. The molecule has 14 heavy (non-hydrogen) atoms. The lowest BCUT2D eigenvalue weighted by atomic mass is 9.99. The Bertz CT molecular complexity index is 350. The van der Waals surface area contributed by atoms with Gasteiger partial charge in [0.25, 0.3) is 0 Å². The summed E-state index contributed by atoms with van der Waals surface area (Å²) < 4.78 is 0. The van der Waals surface area contributed by atoms with Crippen molar-refractivity contribution in [2.24, 2.45) is 5.73 Å². The number of aryl methyl sites for hydroxylation is 1. The SMILES string of the molecule is CCc1c(C)[nH]c(C(C)=O)c1C(C)N. The van der Waals surface area contributed by atoms with Crippen molar-refractivity contribution < 1.29 is 4.79 Å². The van der Waals surface area contributed by atoms with Crippen LogP contribution in [0.5, 0.6) is 0 Å². The number of Topliss-reactive ketones (excluding diaryl/α,β-unsaturated/α-hetero) is 1. The molecule has 3 nitrogen and oxygen atoms in total. The molecule has 0 radical (unpaired) electrons.